The molecule has 1 aromatic carbocycles. The molecule has 0 radical (unpaired) electrons. The van der Waals surface area contributed by atoms with Crippen LogP contribution >= 0.6 is 11.8 Å². The number of methoxy groups -OCH3 is 1. The standard InChI is InChI=1S/C20H24N4O4S/c1-12-13(2)22-23(3)19(26)17(12)20(27)24-11-29-10-16(24)18(25)21-9-14-6-5-7-15(8-14)28-4/h5-8,16H,9-11H2,1-4H3,(H,21,25)/t16-/m1/s1. The number of carbonyl (C=O) groups excluding carboxylic acids is 2. The zero-order valence-electron chi connectivity index (χ0n) is 16.9. The van der Waals surface area contributed by atoms with Crippen molar-refractivity contribution in [3.63, 3.8) is 0 Å². The first kappa shape index (κ1) is 20.9. The number of ether oxygens (including phenoxy) is 1. The average molecular weight is 417 g/mol. The lowest BCUT2D eigenvalue weighted by molar-refractivity contribution is -0.124. The van der Waals surface area contributed by atoms with E-state index in [0.717, 1.165) is 10.2 Å². The molecule has 2 amide bonds. The van der Waals surface area contributed by atoms with Crippen molar-refractivity contribution in [1.29, 1.82) is 0 Å². The molecule has 1 fully saturated rings. The summed E-state index contributed by atoms with van der Waals surface area (Å²) in [4.78, 5) is 39.9. The zero-order chi connectivity index (χ0) is 21.1. The van der Waals surface area contributed by atoms with E-state index >= 15 is 0 Å². The summed E-state index contributed by atoms with van der Waals surface area (Å²) in [5.74, 6) is 0.884. The van der Waals surface area contributed by atoms with Gasteiger partial charge in [0, 0.05) is 19.3 Å². The maximum atomic E-state index is 13.1. The number of carbonyl (C=O) groups is 2. The van der Waals surface area contributed by atoms with Crippen LogP contribution in [0.5, 0.6) is 5.75 Å². The monoisotopic (exact) mass is 416 g/mol. The zero-order valence-corrected chi connectivity index (χ0v) is 17.7. The number of benzene rings is 1. The van der Waals surface area contributed by atoms with Crippen LogP contribution < -0.4 is 15.6 Å². The van der Waals surface area contributed by atoms with E-state index in [4.69, 9.17) is 4.74 Å². The number of hydrogen-bond acceptors (Lipinski definition) is 6. The first-order chi connectivity index (χ1) is 13.8. The number of aryl methyl sites for hydroxylation is 2. The molecule has 2 heterocycles. The molecular weight excluding hydrogens is 392 g/mol. The highest BCUT2D eigenvalue weighted by atomic mass is 32.2. The van der Waals surface area contributed by atoms with Crippen LogP contribution in [-0.4, -0.2) is 51.3 Å². The van der Waals surface area contributed by atoms with E-state index in [1.54, 1.807) is 21.0 Å². The summed E-state index contributed by atoms with van der Waals surface area (Å²) < 4.78 is 6.36. The van der Waals surface area contributed by atoms with E-state index in [0.29, 0.717) is 35.2 Å². The van der Waals surface area contributed by atoms with Gasteiger partial charge in [-0.1, -0.05) is 12.1 Å². The van der Waals surface area contributed by atoms with Gasteiger partial charge in [-0.15, -0.1) is 11.8 Å². The van der Waals surface area contributed by atoms with E-state index in [-0.39, 0.29) is 11.5 Å². The number of nitrogens with one attached hydrogen (secondary N) is 1. The Hall–Kier alpha value is -2.81. The van der Waals surface area contributed by atoms with Crippen LogP contribution in [0, 0.1) is 13.8 Å². The van der Waals surface area contributed by atoms with Gasteiger partial charge in [0.05, 0.1) is 18.7 Å². The molecule has 29 heavy (non-hydrogen) atoms. The molecule has 1 aliphatic rings. The van der Waals surface area contributed by atoms with Gasteiger partial charge in [0.2, 0.25) is 5.91 Å². The van der Waals surface area contributed by atoms with Gasteiger partial charge in [-0.25, -0.2) is 4.68 Å². The van der Waals surface area contributed by atoms with Crippen LogP contribution in [0.15, 0.2) is 29.1 Å². The van der Waals surface area contributed by atoms with E-state index in [1.807, 2.05) is 24.3 Å². The Balaban J connectivity index is 1.77. The fraction of sp³-hybridized carbons (Fsp3) is 0.400. The molecule has 0 spiro atoms. The Bertz CT molecular complexity index is 1000. The Morgan fingerprint density at radius 1 is 1.34 bits per heavy atom. The Labute approximate surface area is 173 Å². The highest BCUT2D eigenvalue weighted by Gasteiger charge is 2.37. The molecule has 0 bridgehead atoms. The maximum Gasteiger partial charge on any atom is 0.279 e. The number of nitrogens with zero attached hydrogens (tertiary/aromatic N) is 3. The van der Waals surface area contributed by atoms with Gasteiger partial charge < -0.3 is 15.0 Å². The Kier molecular flexibility index (Phi) is 6.26. The normalized spacial score (nSPS) is 16.0. The molecule has 9 heteroatoms. The quantitative estimate of drug-likeness (QED) is 0.788. The minimum Gasteiger partial charge on any atom is -0.497 e. The van der Waals surface area contributed by atoms with Crippen molar-refractivity contribution in [3.8, 4) is 5.75 Å². The molecule has 8 nitrogen and oxygen atoms in total. The number of hydrogen-bond donors (Lipinski definition) is 1. The van der Waals surface area contributed by atoms with Gasteiger partial charge >= 0.3 is 0 Å². The Morgan fingerprint density at radius 3 is 2.83 bits per heavy atom. The molecule has 0 unspecified atom stereocenters. The fourth-order valence-electron chi connectivity index (χ4n) is 3.19. The van der Waals surface area contributed by atoms with Gasteiger partial charge in [0.15, 0.2) is 0 Å². The number of aromatic nitrogens is 2. The molecule has 3 rings (SSSR count). The second-order valence-corrected chi connectivity index (χ2v) is 7.87. The average Bonchev–Trinajstić information content (AvgIpc) is 3.21. The molecular formula is C20H24N4O4S. The molecule has 1 N–H and O–H groups in total. The highest BCUT2D eigenvalue weighted by Crippen LogP contribution is 2.24. The minimum atomic E-state index is -0.629. The second-order valence-electron chi connectivity index (χ2n) is 6.87. The van der Waals surface area contributed by atoms with E-state index in [1.165, 1.54) is 23.7 Å². The summed E-state index contributed by atoms with van der Waals surface area (Å²) in [5, 5.41) is 7.00. The van der Waals surface area contributed by atoms with Crippen molar-refractivity contribution in [2.75, 3.05) is 18.7 Å². The predicted molar refractivity (Wildman–Crippen MR) is 111 cm³/mol. The molecule has 2 aromatic rings. The molecule has 1 atom stereocenters. The topological polar surface area (TPSA) is 93.5 Å². The lowest BCUT2D eigenvalue weighted by atomic mass is 10.1. The van der Waals surface area contributed by atoms with Crippen LogP contribution in [0.3, 0.4) is 0 Å². The Morgan fingerprint density at radius 2 is 2.10 bits per heavy atom. The van der Waals surface area contributed by atoms with Crippen LogP contribution in [-0.2, 0) is 18.4 Å². The highest BCUT2D eigenvalue weighted by molar-refractivity contribution is 7.99. The van der Waals surface area contributed by atoms with E-state index < -0.39 is 17.5 Å². The fourth-order valence-corrected chi connectivity index (χ4v) is 4.35. The van der Waals surface area contributed by atoms with Crippen molar-refractivity contribution in [2.24, 2.45) is 7.05 Å². The lowest BCUT2D eigenvalue weighted by Gasteiger charge is -2.24. The molecule has 1 saturated heterocycles. The molecule has 0 saturated carbocycles. The van der Waals surface area contributed by atoms with Gasteiger partial charge in [-0.05, 0) is 37.1 Å². The number of thioether (sulfide) groups is 1. The van der Waals surface area contributed by atoms with E-state index in [9.17, 15) is 14.4 Å². The van der Waals surface area contributed by atoms with Gasteiger partial charge in [0.1, 0.15) is 17.4 Å². The minimum absolute atomic E-state index is 0.0769. The molecule has 1 aromatic heterocycles. The molecule has 0 aliphatic carbocycles. The lowest BCUT2D eigenvalue weighted by Crippen LogP contribution is -2.48. The van der Waals surface area contributed by atoms with Crippen molar-refractivity contribution >= 4 is 23.6 Å². The van der Waals surface area contributed by atoms with Crippen LogP contribution in [0.2, 0.25) is 0 Å². The van der Waals surface area contributed by atoms with Crippen LogP contribution in [0.1, 0.15) is 27.2 Å². The van der Waals surface area contributed by atoms with Crippen molar-refractivity contribution < 1.29 is 14.3 Å². The number of amides is 2. The summed E-state index contributed by atoms with van der Waals surface area (Å²) in [7, 11) is 3.10. The van der Waals surface area contributed by atoms with Gasteiger partial charge in [-0.2, -0.15) is 5.10 Å². The van der Waals surface area contributed by atoms with Crippen LogP contribution in [0.4, 0.5) is 0 Å². The van der Waals surface area contributed by atoms with E-state index in [2.05, 4.69) is 10.4 Å². The van der Waals surface area contributed by atoms with Gasteiger partial charge in [0.25, 0.3) is 11.5 Å². The predicted octanol–water partition coefficient (Wildman–Crippen LogP) is 1.24. The molecule has 1 aliphatic heterocycles. The smallest absolute Gasteiger partial charge is 0.279 e. The van der Waals surface area contributed by atoms with Crippen LogP contribution in [0.25, 0.3) is 0 Å². The summed E-state index contributed by atoms with van der Waals surface area (Å²) in [5.41, 5.74) is 1.68. The second kappa shape index (κ2) is 8.69. The number of rotatable bonds is 5. The van der Waals surface area contributed by atoms with Crippen molar-refractivity contribution in [1.82, 2.24) is 20.0 Å². The third-order valence-corrected chi connectivity index (χ3v) is 6.00. The third kappa shape index (κ3) is 4.29. The largest absolute Gasteiger partial charge is 0.497 e. The van der Waals surface area contributed by atoms with Crippen molar-refractivity contribution in [3.05, 3.63) is 57.0 Å². The SMILES string of the molecule is COc1cccc(CNC(=O)[C@H]2CSCN2C(=O)c2c(C)c(C)nn(C)c2=O)c1. The first-order valence-corrected chi connectivity index (χ1v) is 10.3. The summed E-state index contributed by atoms with van der Waals surface area (Å²) >= 11 is 1.49. The summed E-state index contributed by atoms with van der Waals surface area (Å²) in [6.07, 6.45) is 0. The summed E-state index contributed by atoms with van der Waals surface area (Å²) in [6.45, 7) is 3.79. The first-order valence-electron chi connectivity index (χ1n) is 9.17. The van der Waals surface area contributed by atoms with Gasteiger partial charge in [-0.3, -0.25) is 14.4 Å². The third-order valence-electron chi connectivity index (χ3n) is 4.99. The maximum absolute atomic E-state index is 13.1. The summed E-state index contributed by atoms with van der Waals surface area (Å²) in [6, 6.07) is 6.79. The molecule has 154 valence electrons. The van der Waals surface area contributed by atoms with Crippen molar-refractivity contribution in [2.45, 2.75) is 26.4 Å².